The van der Waals surface area contributed by atoms with Crippen molar-refractivity contribution in [3.05, 3.63) is 29.6 Å². The number of ether oxygens (including phenoxy) is 1. The van der Waals surface area contributed by atoms with Gasteiger partial charge >= 0.3 is 0 Å². The number of aryl methyl sites for hydroxylation is 1. The minimum absolute atomic E-state index is 0.0667. The Morgan fingerprint density at radius 1 is 1.47 bits per heavy atom. The molecule has 4 nitrogen and oxygen atoms in total. The van der Waals surface area contributed by atoms with Gasteiger partial charge in [-0.2, -0.15) is 0 Å². The van der Waals surface area contributed by atoms with E-state index in [1.807, 2.05) is 19.3 Å². The number of benzene rings is 1. The normalized spacial score (nSPS) is 12.4. The van der Waals surface area contributed by atoms with Crippen molar-refractivity contribution in [1.29, 1.82) is 0 Å². The number of hydrogen-bond acceptors (Lipinski definition) is 3. The molecule has 0 heterocycles. The molecule has 94 valence electrons. The quantitative estimate of drug-likeness (QED) is 0.476. The molecule has 0 aliphatic rings. The van der Waals surface area contributed by atoms with E-state index in [2.05, 4.69) is 0 Å². The van der Waals surface area contributed by atoms with Crippen molar-refractivity contribution in [1.82, 2.24) is 5.43 Å². The molecule has 1 rings (SSSR count). The standard InChI is InChI=1S/C12H17FN2O2/c1-7(2)11(12(16)15-14)17-9-5-4-8(3)10(13)6-9/h4-7,11H,14H2,1-3H3,(H,15,16). The Bertz CT molecular complexity index is 407. The van der Waals surface area contributed by atoms with Crippen LogP contribution in [0.1, 0.15) is 19.4 Å². The van der Waals surface area contributed by atoms with Crippen LogP contribution >= 0.6 is 0 Å². The van der Waals surface area contributed by atoms with E-state index in [0.29, 0.717) is 11.3 Å². The highest BCUT2D eigenvalue weighted by molar-refractivity contribution is 5.80. The topological polar surface area (TPSA) is 64.3 Å². The van der Waals surface area contributed by atoms with Crippen LogP contribution in [-0.2, 0) is 4.79 Å². The second-order valence-corrected chi connectivity index (χ2v) is 4.20. The zero-order valence-electron chi connectivity index (χ0n) is 10.2. The smallest absolute Gasteiger partial charge is 0.275 e. The summed E-state index contributed by atoms with van der Waals surface area (Å²) >= 11 is 0. The van der Waals surface area contributed by atoms with Crippen LogP contribution < -0.4 is 16.0 Å². The van der Waals surface area contributed by atoms with E-state index in [1.165, 1.54) is 6.07 Å². The summed E-state index contributed by atoms with van der Waals surface area (Å²) in [5.74, 6) is 4.52. The van der Waals surface area contributed by atoms with E-state index < -0.39 is 12.0 Å². The van der Waals surface area contributed by atoms with Gasteiger partial charge in [0.05, 0.1) is 0 Å². The number of hydrogen-bond donors (Lipinski definition) is 2. The molecule has 0 saturated heterocycles. The van der Waals surface area contributed by atoms with Crippen LogP contribution in [0.3, 0.4) is 0 Å². The predicted molar refractivity (Wildman–Crippen MR) is 62.7 cm³/mol. The number of nitrogens with two attached hydrogens (primary N) is 1. The van der Waals surface area contributed by atoms with Crippen LogP contribution in [0.5, 0.6) is 5.75 Å². The monoisotopic (exact) mass is 240 g/mol. The van der Waals surface area contributed by atoms with E-state index in [1.54, 1.807) is 19.1 Å². The highest BCUT2D eigenvalue weighted by Gasteiger charge is 2.23. The van der Waals surface area contributed by atoms with Gasteiger partial charge in [0.15, 0.2) is 6.10 Å². The van der Waals surface area contributed by atoms with Gasteiger partial charge in [-0.05, 0) is 24.5 Å². The van der Waals surface area contributed by atoms with Crippen LogP contribution in [0.25, 0.3) is 0 Å². The van der Waals surface area contributed by atoms with Gasteiger partial charge in [-0.15, -0.1) is 0 Å². The van der Waals surface area contributed by atoms with Gasteiger partial charge in [0.25, 0.3) is 5.91 Å². The Morgan fingerprint density at radius 3 is 2.59 bits per heavy atom. The van der Waals surface area contributed by atoms with Gasteiger partial charge in [0.1, 0.15) is 11.6 Å². The Kier molecular flexibility index (Phi) is 4.45. The average Bonchev–Trinajstić information content (AvgIpc) is 2.29. The summed E-state index contributed by atoms with van der Waals surface area (Å²) in [7, 11) is 0. The third-order valence-electron chi connectivity index (χ3n) is 2.41. The zero-order valence-corrected chi connectivity index (χ0v) is 10.2. The number of nitrogens with one attached hydrogen (secondary N) is 1. The first kappa shape index (κ1) is 13.4. The predicted octanol–water partition coefficient (Wildman–Crippen LogP) is 1.53. The first-order chi connectivity index (χ1) is 7.95. The van der Waals surface area contributed by atoms with Gasteiger partial charge in [-0.3, -0.25) is 10.2 Å². The summed E-state index contributed by atoms with van der Waals surface area (Å²) in [6.07, 6.45) is -0.734. The summed E-state index contributed by atoms with van der Waals surface area (Å²) in [6.45, 7) is 5.31. The molecule has 0 saturated carbocycles. The maximum absolute atomic E-state index is 13.3. The Hall–Kier alpha value is -1.62. The number of rotatable bonds is 4. The second-order valence-electron chi connectivity index (χ2n) is 4.20. The molecule has 0 aromatic heterocycles. The lowest BCUT2D eigenvalue weighted by atomic mass is 10.1. The van der Waals surface area contributed by atoms with Crippen LogP contribution in [0.2, 0.25) is 0 Å². The van der Waals surface area contributed by atoms with Crippen molar-refractivity contribution in [2.75, 3.05) is 0 Å². The highest BCUT2D eigenvalue weighted by Crippen LogP contribution is 2.19. The molecule has 1 atom stereocenters. The largest absolute Gasteiger partial charge is 0.480 e. The van der Waals surface area contributed by atoms with Crippen LogP contribution in [0, 0.1) is 18.7 Å². The van der Waals surface area contributed by atoms with Gasteiger partial charge in [-0.1, -0.05) is 19.9 Å². The summed E-state index contributed by atoms with van der Waals surface area (Å²) in [4.78, 5) is 11.5. The molecule has 0 fully saturated rings. The van der Waals surface area contributed by atoms with Gasteiger partial charge < -0.3 is 4.74 Å². The number of carbonyl (C=O) groups excluding carboxylic acids is 1. The molecule has 1 aromatic rings. The fraction of sp³-hybridized carbons (Fsp3) is 0.417. The third-order valence-corrected chi connectivity index (χ3v) is 2.41. The van der Waals surface area contributed by atoms with E-state index in [9.17, 15) is 9.18 Å². The maximum Gasteiger partial charge on any atom is 0.275 e. The molecule has 1 amide bonds. The number of carbonyl (C=O) groups is 1. The molecule has 1 aromatic carbocycles. The van der Waals surface area contributed by atoms with E-state index in [0.717, 1.165) is 0 Å². The van der Waals surface area contributed by atoms with E-state index in [-0.39, 0.29) is 11.7 Å². The molecule has 0 aliphatic carbocycles. The third kappa shape index (κ3) is 3.42. The molecule has 17 heavy (non-hydrogen) atoms. The lowest BCUT2D eigenvalue weighted by molar-refractivity contribution is -0.129. The average molecular weight is 240 g/mol. The van der Waals surface area contributed by atoms with Crippen molar-refractivity contribution < 1.29 is 13.9 Å². The molecule has 0 aliphatic heterocycles. The summed E-state index contributed by atoms with van der Waals surface area (Å²) < 4.78 is 18.7. The summed E-state index contributed by atoms with van der Waals surface area (Å²) in [5.41, 5.74) is 2.56. The van der Waals surface area contributed by atoms with E-state index in [4.69, 9.17) is 10.6 Å². The Morgan fingerprint density at radius 2 is 2.12 bits per heavy atom. The van der Waals surface area contributed by atoms with E-state index >= 15 is 0 Å². The highest BCUT2D eigenvalue weighted by atomic mass is 19.1. The minimum Gasteiger partial charge on any atom is -0.480 e. The second kappa shape index (κ2) is 5.63. The first-order valence-electron chi connectivity index (χ1n) is 5.39. The van der Waals surface area contributed by atoms with Crippen molar-refractivity contribution in [2.45, 2.75) is 26.9 Å². The van der Waals surface area contributed by atoms with Gasteiger partial charge in [0.2, 0.25) is 0 Å². The SMILES string of the molecule is Cc1ccc(OC(C(=O)NN)C(C)C)cc1F. The van der Waals surface area contributed by atoms with Crippen LogP contribution in [0.15, 0.2) is 18.2 Å². The molecule has 0 radical (unpaired) electrons. The summed E-state index contributed by atoms with van der Waals surface area (Å²) in [6, 6.07) is 4.48. The minimum atomic E-state index is -0.734. The number of hydrazine groups is 1. The molecule has 5 heteroatoms. The van der Waals surface area contributed by atoms with Crippen molar-refractivity contribution >= 4 is 5.91 Å². The first-order valence-corrected chi connectivity index (χ1v) is 5.39. The number of halogens is 1. The fourth-order valence-electron chi connectivity index (χ4n) is 1.37. The molecular formula is C12H17FN2O2. The molecular weight excluding hydrogens is 223 g/mol. The van der Waals surface area contributed by atoms with Crippen LogP contribution in [-0.4, -0.2) is 12.0 Å². The Labute approximate surface area is 99.9 Å². The summed E-state index contributed by atoms with van der Waals surface area (Å²) in [5, 5.41) is 0. The number of amides is 1. The zero-order chi connectivity index (χ0) is 13.0. The molecule has 3 N–H and O–H groups in total. The van der Waals surface area contributed by atoms with Gasteiger partial charge in [-0.25, -0.2) is 10.2 Å². The lowest BCUT2D eigenvalue weighted by Crippen LogP contribution is -2.44. The molecule has 1 unspecified atom stereocenters. The van der Waals surface area contributed by atoms with Crippen LogP contribution in [0.4, 0.5) is 4.39 Å². The Balaban J connectivity index is 2.86. The fourth-order valence-corrected chi connectivity index (χ4v) is 1.37. The van der Waals surface area contributed by atoms with Gasteiger partial charge in [0, 0.05) is 6.07 Å². The molecule has 0 bridgehead atoms. The van der Waals surface area contributed by atoms with Crippen molar-refractivity contribution in [2.24, 2.45) is 11.8 Å². The molecule has 0 spiro atoms. The lowest BCUT2D eigenvalue weighted by Gasteiger charge is -2.20. The van der Waals surface area contributed by atoms with Crippen molar-refractivity contribution in [3.63, 3.8) is 0 Å². The maximum atomic E-state index is 13.3. The van der Waals surface area contributed by atoms with Crippen molar-refractivity contribution in [3.8, 4) is 5.75 Å².